The summed E-state index contributed by atoms with van der Waals surface area (Å²) in [6.45, 7) is 4.01. The largest absolute Gasteiger partial charge is 0.387 e. The van der Waals surface area contributed by atoms with Crippen LogP contribution in [0.3, 0.4) is 0 Å². The summed E-state index contributed by atoms with van der Waals surface area (Å²) in [5.74, 6) is -0.554. The minimum Gasteiger partial charge on any atom is -0.387 e. The lowest BCUT2D eigenvalue weighted by molar-refractivity contribution is 0.0920. The molecule has 0 aliphatic carbocycles. The van der Waals surface area contributed by atoms with Crippen LogP contribution in [-0.2, 0) is 0 Å². The van der Waals surface area contributed by atoms with Gasteiger partial charge < -0.3 is 10.4 Å². The molecule has 106 valence electrons. The third-order valence-electron chi connectivity index (χ3n) is 3.10. The number of aliphatic hydroxyl groups excluding tert-OH is 1. The lowest BCUT2D eigenvalue weighted by Crippen LogP contribution is -2.27. The number of hydrogen-bond donors (Lipinski definition) is 2. The van der Waals surface area contributed by atoms with E-state index >= 15 is 0 Å². The molecule has 1 unspecified atom stereocenters. The number of amides is 1. The quantitative estimate of drug-likeness (QED) is 0.910. The van der Waals surface area contributed by atoms with Crippen LogP contribution in [0.2, 0.25) is 0 Å². The second-order valence-corrected chi connectivity index (χ2v) is 5.88. The first-order chi connectivity index (χ1) is 9.47. The molecule has 0 aliphatic heterocycles. The summed E-state index contributed by atoms with van der Waals surface area (Å²) in [7, 11) is 0. The molecule has 1 amide bonds. The highest BCUT2D eigenvalue weighted by Gasteiger charge is 2.13. The molecule has 0 saturated carbocycles. The van der Waals surface area contributed by atoms with Gasteiger partial charge in [-0.15, -0.1) is 11.3 Å². The van der Waals surface area contributed by atoms with Gasteiger partial charge in [-0.3, -0.25) is 4.79 Å². The maximum atomic E-state index is 12.8. The summed E-state index contributed by atoms with van der Waals surface area (Å²) in [6, 6.07) is 7.41. The Labute approximate surface area is 121 Å². The molecule has 1 heterocycles. The van der Waals surface area contributed by atoms with Crippen molar-refractivity contribution in [2.45, 2.75) is 20.0 Å². The highest BCUT2D eigenvalue weighted by atomic mass is 32.1. The third-order valence-corrected chi connectivity index (χ3v) is 4.25. The first-order valence-corrected chi connectivity index (χ1v) is 7.08. The molecular formula is C15H16FNO2S. The summed E-state index contributed by atoms with van der Waals surface area (Å²) < 4.78 is 12.8. The van der Waals surface area contributed by atoms with Gasteiger partial charge in [0.1, 0.15) is 5.82 Å². The Hall–Kier alpha value is -1.72. The predicted octanol–water partition coefficient (Wildman–Crippen LogP) is 2.97. The van der Waals surface area contributed by atoms with E-state index in [1.54, 1.807) is 0 Å². The summed E-state index contributed by atoms with van der Waals surface area (Å²) >= 11 is 1.43. The van der Waals surface area contributed by atoms with Crippen LogP contribution in [0.4, 0.5) is 4.39 Å². The van der Waals surface area contributed by atoms with Gasteiger partial charge in [0, 0.05) is 11.4 Å². The van der Waals surface area contributed by atoms with Crippen molar-refractivity contribution >= 4 is 17.2 Å². The lowest BCUT2D eigenvalue weighted by Gasteiger charge is -2.11. The summed E-state index contributed by atoms with van der Waals surface area (Å²) in [6.07, 6.45) is -0.846. The van der Waals surface area contributed by atoms with E-state index in [2.05, 4.69) is 5.32 Å². The molecule has 2 rings (SSSR count). The van der Waals surface area contributed by atoms with Crippen LogP contribution in [0.5, 0.6) is 0 Å². The first-order valence-electron chi connectivity index (χ1n) is 6.26. The van der Waals surface area contributed by atoms with Gasteiger partial charge in [0.15, 0.2) is 0 Å². The topological polar surface area (TPSA) is 49.3 Å². The van der Waals surface area contributed by atoms with Gasteiger partial charge in [-0.05, 0) is 43.2 Å². The zero-order chi connectivity index (χ0) is 14.7. The minimum atomic E-state index is -0.846. The Morgan fingerprint density at radius 1 is 1.35 bits per heavy atom. The van der Waals surface area contributed by atoms with Crippen molar-refractivity contribution in [3.63, 3.8) is 0 Å². The van der Waals surface area contributed by atoms with Gasteiger partial charge in [-0.25, -0.2) is 4.39 Å². The number of hydrogen-bond acceptors (Lipinski definition) is 3. The second kappa shape index (κ2) is 6.15. The van der Waals surface area contributed by atoms with Gasteiger partial charge in [0.25, 0.3) is 5.91 Å². The highest BCUT2D eigenvalue weighted by molar-refractivity contribution is 7.14. The minimum absolute atomic E-state index is 0.0977. The Morgan fingerprint density at radius 3 is 2.55 bits per heavy atom. The Balaban J connectivity index is 1.94. The van der Waals surface area contributed by atoms with E-state index in [-0.39, 0.29) is 18.3 Å². The molecule has 1 atom stereocenters. The molecule has 0 aliphatic rings. The van der Waals surface area contributed by atoms with Crippen LogP contribution in [0.1, 0.15) is 31.8 Å². The normalized spacial score (nSPS) is 12.2. The third kappa shape index (κ3) is 3.43. The van der Waals surface area contributed by atoms with Crippen molar-refractivity contribution in [2.24, 2.45) is 0 Å². The maximum Gasteiger partial charge on any atom is 0.261 e. The first kappa shape index (κ1) is 14.7. The second-order valence-electron chi connectivity index (χ2n) is 4.63. The zero-order valence-corrected chi connectivity index (χ0v) is 12.1. The average molecular weight is 293 g/mol. The van der Waals surface area contributed by atoms with Gasteiger partial charge in [-0.2, -0.15) is 0 Å². The predicted molar refractivity (Wildman–Crippen MR) is 77.5 cm³/mol. The average Bonchev–Trinajstić information content (AvgIpc) is 2.76. The maximum absolute atomic E-state index is 12.8. The van der Waals surface area contributed by atoms with Gasteiger partial charge >= 0.3 is 0 Å². The van der Waals surface area contributed by atoms with Gasteiger partial charge in [0.2, 0.25) is 0 Å². The molecule has 0 spiro atoms. The smallest absolute Gasteiger partial charge is 0.261 e. The Kier molecular flexibility index (Phi) is 4.52. The van der Waals surface area contributed by atoms with E-state index in [9.17, 15) is 14.3 Å². The number of thiophene rings is 1. The molecule has 0 saturated heterocycles. The fourth-order valence-corrected chi connectivity index (χ4v) is 2.71. The van der Waals surface area contributed by atoms with Crippen LogP contribution in [-0.4, -0.2) is 17.6 Å². The van der Waals surface area contributed by atoms with E-state index in [4.69, 9.17) is 0 Å². The molecule has 0 radical (unpaired) electrons. The van der Waals surface area contributed by atoms with E-state index in [1.165, 1.54) is 35.6 Å². The molecular weight excluding hydrogens is 277 g/mol. The molecule has 0 bridgehead atoms. The van der Waals surface area contributed by atoms with Crippen molar-refractivity contribution in [3.05, 3.63) is 57.0 Å². The number of halogens is 1. The van der Waals surface area contributed by atoms with Crippen LogP contribution in [0, 0.1) is 19.7 Å². The van der Waals surface area contributed by atoms with Crippen LogP contribution < -0.4 is 5.32 Å². The fraction of sp³-hybridized carbons (Fsp3) is 0.267. The van der Waals surface area contributed by atoms with Crippen LogP contribution >= 0.6 is 11.3 Å². The van der Waals surface area contributed by atoms with E-state index in [0.717, 1.165) is 10.4 Å². The summed E-state index contributed by atoms with van der Waals surface area (Å²) in [4.78, 5) is 13.7. The monoisotopic (exact) mass is 293 g/mol. The number of aryl methyl sites for hydroxylation is 2. The highest BCUT2D eigenvalue weighted by Crippen LogP contribution is 2.20. The van der Waals surface area contributed by atoms with Crippen molar-refractivity contribution in [1.82, 2.24) is 5.32 Å². The molecule has 5 heteroatoms. The molecule has 0 fully saturated rings. The van der Waals surface area contributed by atoms with E-state index < -0.39 is 6.10 Å². The number of rotatable bonds is 4. The van der Waals surface area contributed by atoms with Gasteiger partial charge in [0.05, 0.1) is 11.0 Å². The van der Waals surface area contributed by atoms with Crippen LogP contribution in [0.15, 0.2) is 30.3 Å². The summed E-state index contributed by atoms with van der Waals surface area (Å²) in [5, 5.41) is 12.6. The van der Waals surface area contributed by atoms with Crippen LogP contribution in [0.25, 0.3) is 0 Å². The number of carbonyl (C=O) groups is 1. The van der Waals surface area contributed by atoms with E-state index in [0.29, 0.717) is 10.4 Å². The molecule has 1 aromatic heterocycles. The number of benzene rings is 1. The SMILES string of the molecule is Cc1cc(C(=O)NCC(O)c2ccc(F)cc2)sc1C. The standard InChI is InChI=1S/C15H16FNO2S/c1-9-7-14(20-10(9)2)15(19)17-8-13(18)11-3-5-12(16)6-4-11/h3-7,13,18H,8H2,1-2H3,(H,17,19). The number of aliphatic hydroxyl groups is 1. The molecule has 2 aromatic rings. The van der Waals surface area contributed by atoms with E-state index in [1.807, 2.05) is 19.9 Å². The Morgan fingerprint density at radius 2 is 2.00 bits per heavy atom. The van der Waals surface area contributed by atoms with Gasteiger partial charge in [-0.1, -0.05) is 12.1 Å². The van der Waals surface area contributed by atoms with Crippen molar-refractivity contribution in [3.8, 4) is 0 Å². The van der Waals surface area contributed by atoms with Crippen molar-refractivity contribution < 1.29 is 14.3 Å². The Bertz CT molecular complexity index is 587. The molecule has 3 nitrogen and oxygen atoms in total. The number of carbonyl (C=O) groups excluding carboxylic acids is 1. The lowest BCUT2D eigenvalue weighted by atomic mass is 10.1. The summed E-state index contributed by atoms with van der Waals surface area (Å²) in [5.41, 5.74) is 1.66. The molecule has 2 N–H and O–H groups in total. The fourth-order valence-electron chi connectivity index (χ4n) is 1.76. The molecule has 1 aromatic carbocycles. The number of nitrogens with one attached hydrogen (secondary N) is 1. The van der Waals surface area contributed by atoms with Crippen molar-refractivity contribution in [2.75, 3.05) is 6.54 Å². The van der Waals surface area contributed by atoms with Crippen molar-refractivity contribution in [1.29, 1.82) is 0 Å². The zero-order valence-electron chi connectivity index (χ0n) is 11.3. The molecule has 20 heavy (non-hydrogen) atoms.